The van der Waals surface area contributed by atoms with Crippen molar-refractivity contribution in [1.29, 1.82) is 0 Å². The van der Waals surface area contributed by atoms with Crippen molar-refractivity contribution in [3.8, 4) is 0 Å². The molecule has 0 fully saturated rings. The summed E-state index contributed by atoms with van der Waals surface area (Å²) in [6, 6.07) is 0. The zero-order valence-electron chi connectivity index (χ0n) is 21.1. The van der Waals surface area contributed by atoms with Crippen LogP contribution in [0, 0.1) is 17.8 Å². The molecule has 0 aliphatic heterocycles. The molecule has 0 spiro atoms. The molecule has 4 N–H and O–H groups in total. The number of hydrogen-bond donors (Lipinski definition) is 4. The Morgan fingerprint density at radius 3 is 1.94 bits per heavy atom. The summed E-state index contributed by atoms with van der Waals surface area (Å²) in [4.78, 5) is 11.8. The van der Waals surface area contributed by atoms with Gasteiger partial charge >= 0.3 is 0 Å². The van der Waals surface area contributed by atoms with Gasteiger partial charge in [0, 0.05) is 0 Å². The molecule has 0 bridgehead atoms. The normalized spacial score (nSPS) is 17.2. The third kappa shape index (κ3) is 15.9. The lowest BCUT2D eigenvalue weighted by molar-refractivity contribution is -0.144. The number of carbonyl (C=O) groups excluding carboxylic acids is 1. The van der Waals surface area contributed by atoms with Crippen molar-refractivity contribution in [2.24, 2.45) is 17.8 Å². The number of aliphatic hydroxyl groups excluding tert-OH is 4. The third-order valence-electron chi connectivity index (χ3n) is 6.17. The van der Waals surface area contributed by atoms with Gasteiger partial charge in [-0.2, -0.15) is 0 Å². The van der Waals surface area contributed by atoms with Crippen LogP contribution >= 0.6 is 0 Å². The second-order valence-electron chi connectivity index (χ2n) is 10.1. The van der Waals surface area contributed by atoms with Crippen LogP contribution in [0.2, 0.25) is 0 Å². The van der Waals surface area contributed by atoms with E-state index in [0.717, 1.165) is 30.6 Å². The fourth-order valence-electron chi connectivity index (χ4n) is 3.76. The first-order valence-electron chi connectivity index (χ1n) is 12.5. The lowest BCUT2D eigenvalue weighted by atomic mass is 9.91. The SMILES string of the molecule is C/C(=C\COCC(=O)[C@H](O)[C@@H](O)[C@H](O)CO)CCCC(C)CCCC(C)CCCC(C)C. The zero-order chi connectivity index (χ0) is 24.5. The second-order valence-corrected chi connectivity index (χ2v) is 10.1. The molecule has 0 saturated heterocycles. The fourth-order valence-corrected chi connectivity index (χ4v) is 3.76. The van der Waals surface area contributed by atoms with Gasteiger partial charge in [-0.15, -0.1) is 0 Å². The number of hydrogen-bond acceptors (Lipinski definition) is 6. The maximum Gasteiger partial charge on any atom is 0.189 e. The minimum absolute atomic E-state index is 0.257. The van der Waals surface area contributed by atoms with E-state index in [1.807, 2.05) is 13.0 Å². The number of ketones is 1. The van der Waals surface area contributed by atoms with Crippen LogP contribution in [0.25, 0.3) is 0 Å². The number of Topliss-reactive ketones (excluding diaryl/α,β-unsaturated/α-hetero) is 1. The van der Waals surface area contributed by atoms with Gasteiger partial charge in [0.05, 0.1) is 13.2 Å². The molecule has 6 heteroatoms. The predicted octanol–water partition coefficient (Wildman–Crippen LogP) is 4.03. The molecule has 0 aromatic heterocycles. The Kier molecular flexibility index (Phi) is 18.2. The Balaban J connectivity index is 3.88. The van der Waals surface area contributed by atoms with Crippen molar-refractivity contribution in [2.45, 2.75) is 111 Å². The summed E-state index contributed by atoms with van der Waals surface area (Å²) in [5, 5.41) is 37.2. The van der Waals surface area contributed by atoms with Gasteiger partial charge in [0.2, 0.25) is 0 Å². The first-order valence-corrected chi connectivity index (χ1v) is 12.5. The van der Waals surface area contributed by atoms with Gasteiger partial charge in [-0.1, -0.05) is 84.3 Å². The van der Waals surface area contributed by atoms with Crippen molar-refractivity contribution < 1.29 is 30.0 Å². The molecule has 32 heavy (non-hydrogen) atoms. The van der Waals surface area contributed by atoms with Crippen molar-refractivity contribution in [1.82, 2.24) is 0 Å². The Hall–Kier alpha value is -0.790. The van der Waals surface area contributed by atoms with E-state index in [-0.39, 0.29) is 13.2 Å². The smallest absolute Gasteiger partial charge is 0.189 e. The van der Waals surface area contributed by atoms with Crippen LogP contribution in [0.5, 0.6) is 0 Å². The highest BCUT2D eigenvalue weighted by molar-refractivity contribution is 5.84. The summed E-state index contributed by atoms with van der Waals surface area (Å²) in [5.41, 5.74) is 1.21. The van der Waals surface area contributed by atoms with Crippen LogP contribution in [0.1, 0.15) is 92.4 Å². The van der Waals surface area contributed by atoms with E-state index in [4.69, 9.17) is 9.84 Å². The molecule has 2 unspecified atom stereocenters. The van der Waals surface area contributed by atoms with Gasteiger partial charge in [0.15, 0.2) is 5.78 Å². The average molecular weight is 459 g/mol. The van der Waals surface area contributed by atoms with E-state index in [9.17, 15) is 20.1 Å². The molecule has 190 valence electrons. The first-order chi connectivity index (χ1) is 15.1. The molecule has 0 rings (SSSR count). The second kappa shape index (κ2) is 18.6. The van der Waals surface area contributed by atoms with Crippen molar-refractivity contribution in [3.63, 3.8) is 0 Å². The van der Waals surface area contributed by atoms with Gasteiger partial charge in [-0.25, -0.2) is 0 Å². The van der Waals surface area contributed by atoms with E-state index in [1.54, 1.807) is 0 Å². The number of allylic oxidation sites excluding steroid dienone is 1. The Morgan fingerprint density at radius 2 is 1.41 bits per heavy atom. The number of carbonyl (C=O) groups is 1. The van der Waals surface area contributed by atoms with E-state index in [0.29, 0.717) is 0 Å². The fraction of sp³-hybridized carbons (Fsp3) is 0.885. The van der Waals surface area contributed by atoms with Crippen LogP contribution in [-0.2, 0) is 9.53 Å². The predicted molar refractivity (Wildman–Crippen MR) is 129 cm³/mol. The number of aliphatic hydroxyl groups is 4. The molecule has 6 nitrogen and oxygen atoms in total. The van der Waals surface area contributed by atoms with Crippen LogP contribution < -0.4 is 0 Å². The summed E-state index contributed by atoms with van der Waals surface area (Å²) in [6.45, 7) is 10.5. The summed E-state index contributed by atoms with van der Waals surface area (Å²) in [5.74, 6) is 1.66. The summed E-state index contributed by atoms with van der Waals surface area (Å²) in [6.07, 6.45) is 8.22. The molecule has 0 aromatic rings. The maximum atomic E-state index is 11.8. The molecule has 0 heterocycles. The van der Waals surface area contributed by atoms with E-state index in [1.165, 1.54) is 50.5 Å². The standard InChI is InChI=1S/C26H50O6/c1-19(2)9-6-10-20(3)11-7-12-21(4)13-8-14-22(5)15-16-32-18-24(29)26(31)25(30)23(28)17-27/h15,19-21,23,25-28,30-31H,6-14,16-18H2,1-5H3/b22-15+/t20?,21?,23-,25+,26+/m1/s1. The first kappa shape index (κ1) is 31.2. The minimum Gasteiger partial charge on any atom is -0.394 e. The molecule has 0 radical (unpaired) electrons. The maximum absolute atomic E-state index is 11.8. The molecule has 5 atom stereocenters. The highest BCUT2D eigenvalue weighted by atomic mass is 16.5. The highest BCUT2D eigenvalue weighted by Crippen LogP contribution is 2.22. The van der Waals surface area contributed by atoms with Crippen molar-refractivity contribution >= 4 is 5.78 Å². The van der Waals surface area contributed by atoms with Crippen LogP contribution in [0.4, 0.5) is 0 Å². The highest BCUT2D eigenvalue weighted by Gasteiger charge is 2.29. The van der Waals surface area contributed by atoms with Crippen molar-refractivity contribution in [2.75, 3.05) is 19.8 Å². The van der Waals surface area contributed by atoms with Crippen LogP contribution in [0.3, 0.4) is 0 Å². The molecule has 0 aliphatic rings. The van der Waals surface area contributed by atoms with Gasteiger partial charge in [0.25, 0.3) is 0 Å². The van der Waals surface area contributed by atoms with Gasteiger partial charge < -0.3 is 25.2 Å². The Bertz CT molecular complexity index is 505. The Morgan fingerprint density at radius 1 is 0.875 bits per heavy atom. The zero-order valence-corrected chi connectivity index (χ0v) is 21.1. The van der Waals surface area contributed by atoms with Crippen LogP contribution in [0.15, 0.2) is 11.6 Å². The molecule has 0 aliphatic carbocycles. The molecular weight excluding hydrogens is 408 g/mol. The largest absolute Gasteiger partial charge is 0.394 e. The minimum atomic E-state index is -1.77. The summed E-state index contributed by atoms with van der Waals surface area (Å²) < 4.78 is 5.25. The van der Waals surface area contributed by atoms with Gasteiger partial charge in [-0.3, -0.25) is 4.79 Å². The molecule has 0 aromatic carbocycles. The van der Waals surface area contributed by atoms with E-state index < -0.39 is 30.7 Å². The van der Waals surface area contributed by atoms with Crippen molar-refractivity contribution in [3.05, 3.63) is 11.6 Å². The Labute approximate surface area is 196 Å². The molecular formula is C26H50O6. The molecule has 0 amide bonds. The lowest BCUT2D eigenvalue weighted by Gasteiger charge is -2.20. The number of rotatable bonds is 20. The number of ether oxygens (including phenoxy) is 1. The van der Waals surface area contributed by atoms with E-state index in [2.05, 4.69) is 27.7 Å². The lowest BCUT2D eigenvalue weighted by Crippen LogP contribution is -2.45. The van der Waals surface area contributed by atoms with Gasteiger partial charge in [0.1, 0.15) is 24.9 Å². The third-order valence-corrected chi connectivity index (χ3v) is 6.17. The van der Waals surface area contributed by atoms with E-state index >= 15 is 0 Å². The summed E-state index contributed by atoms with van der Waals surface area (Å²) >= 11 is 0. The summed E-state index contributed by atoms with van der Waals surface area (Å²) in [7, 11) is 0. The average Bonchev–Trinajstić information content (AvgIpc) is 2.74. The topological polar surface area (TPSA) is 107 Å². The van der Waals surface area contributed by atoms with Crippen LogP contribution in [-0.4, -0.2) is 64.3 Å². The molecule has 0 saturated carbocycles. The quantitative estimate of drug-likeness (QED) is 0.162. The monoisotopic (exact) mass is 458 g/mol. The van der Waals surface area contributed by atoms with Gasteiger partial charge in [-0.05, 0) is 37.5 Å².